The van der Waals surface area contributed by atoms with E-state index in [1.165, 1.54) is 6.26 Å². The minimum Gasteiger partial charge on any atom is -0.469 e. The highest BCUT2D eigenvalue weighted by Gasteiger charge is 2.32. The summed E-state index contributed by atoms with van der Waals surface area (Å²) in [7, 11) is 2.09. The van der Waals surface area contributed by atoms with Gasteiger partial charge in [-0.1, -0.05) is 19.1 Å². The zero-order valence-corrected chi connectivity index (χ0v) is 15.5. The number of carbonyl (C=O) groups is 2. The summed E-state index contributed by atoms with van der Waals surface area (Å²) >= 11 is 0. The summed E-state index contributed by atoms with van der Waals surface area (Å²) in [6.07, 6.45) is 2.53. The molecule has 0 aliphatic carbocycles. The molecule has 2 heterocycles. The van der Waals surface area contributed by atoms with Gasteiger partial charge in [0.15, 0.2) is 0 Å². The molecule has 1 unspecified atom stereocenters. The average molecular weight is 355 g/mol. The Balaban J connectivity index is 1.69. The topological polar surface area (TPSA) is 74.6 Å². The molecule has 1 saturated heterocycles. The molecular formula is C20H25N3O3. The van der Waals surface area contributed by atoms with Gasteiger partial charge in [-0.2, -0.15) is 0 Å². The van der Waals surface area contributed by atoms with Crippen LogP contribution >= 0.6 is 0 Å². The minimum absolute atomic E-state index is 0.0799. The molecule has 0 bridgehead atoms. The first-order valence-corrected chi connectivity index (χ1v) is 8.79. The van der Waals surface area contributed by atoms with Gasteiger partial charge < -0.3 is 20.0 Å². The monoisotopic (exact) mass is 355 g/mol. The third-order valence-corrected chi connectivity index (χ3v) is 4.95. The highest BCUT2D eigenvalue weighted by molar-refractivity contribution is 6.09. The molecule has 2 aromatic rings. The Hall–Kier alpha value is -2.60. The van der Waals surface area contributed by atoms with Crippen molar-refractivity contribution in [3.63, 3.8) is 0 Å². The van der Waals surface area contributed by atoms with Crippen LogP contribution in [-0.4, -0.2) is 43.4 Å². The van der Waals surface area contributed by atoms with E-state index in [2.05, 4.69) is 29.5 Å². The highest BCUT2D eigenvalue weighted by Crippen LogP contribution is 2.28. The van der Waals surface area contributed by atoms with E-state index in [9.17, 15) is 9.59 Å². The quantitative estimate of drug-likeness (QED) is 0.865. The van der Waals surface area contributed by atoms with Crippen molar-refractivity contribution in [3.05, 3.63) is 53.5 Å². The SMILES string of the molecule is Cc1occc1C(=O)Nc1ccccc1C(=O)NCC1(C)CCN(C)C1. The third-order valence-electron chi connectivity index (χ3n) is 4.95. The number of benzene rings is 1. The van der Waals surface area contributed by atoms with Gasteiger partial charge in [-0.05, 0) is 50.6 Å². The van der Waals surface area contributed by atoms with Gasteiger partial charge in [0, 0.05) is 13.1 Å². The standard InChI is InChI=1S/C20H25N3O3/c1-14-15(8-11-26-14)19(25)22-17-7-5-4-6-16(17)18(24)21-12-20(2)9-10-23(3)13-20/h4-8,11H,9-10,12-13H2,1-3H3,(H,21,24)(H,22,25). The largest absolute Gasteiger partial charge is 0.469 e. The number of carbonyl (C=O) groups excluding carboxylic acids is 2. The molecule has 2 amide bonds. The van der Waals surface area contributed by atoms with E-state index in [0.717, 1.165) is 19.5 Å². The van der Waals surface area contributed by atoms with Crippen molar-refractivity contribution in [3.8, 4) is 0 Å². The van der Waals surface area contributed by atoms with Crippen molar-refractivity contribution in [2.45, 2.75) is 20.3 Å². The Morgan fingerprint density at radius 1 is 1.19 bits per heavy atom. The van der Waals surface area contributed by atoms with Crippen LogP contribution in [0.3, 0.4) is 0 Å². The van der Waals surface area contributed by atoms with Crippen molar-refractivity contribution in [1.82, 2.24) is 10.2 Å². The van der Waals surface area contributed by atoms with E-state index in [4.69, 9.17) is 4.42 Å². The molecule has 1 aromatic heterocycles. The lowest BCUT2D eigenvalue weighted by atomic mass is 9.90. The molecule has 6 heteroatoms. The first-order chi connectivity index (χ1) is 12.4. The second-order valence-corrected chi connectivity index (χ2v) is 7.37. The summed E-state index contributed by atoms with van der Waals surface area (Å²) in [6.45, 7) is 6.53. The summed E-state index contributed by atoms with van der Waals surface area (Å²) in [5.74, 6) is 0.0733. The maximum Gasteiger partial charge on any atom is 0.259 e. The van der Waals surface area contributed by atoms with Gasteiger partial charge in [0.25, 0.3) is 11.8 Å². The Morgan fingerprint density at radius 2 is 1.96 bits per heavy atom. The fraction of sp³-hybridized carbons (Fsp3) is 0.400. The molecule has 1 fully saturated rings. The highest BCUT2D eigenvalue weighted by atomic mass is 16.3. The van der Waals surface area contributed by atoms with Gasteiger partial charge in [-0.25, -0.2) is 0 Å². The Labute approximate surface area is 153 Å². The lowest BCUT2D eigenvalue weighted by Crippen LogP contribution is -2.37. The van der Waals surface area contributed by atoms with Crippen LogP contribution in [0.2, 0.25) is 0 Å². The van der Waals surface area contributed by atoms with Crippen LogP contribution in [0.5, 0.6) is 0 Å². The number of rotatable bonds is 5. The zero-order chi connectivity index (χ0) is 18.7. The van der Waals surface area contributed by atoms with Gasteiger partial charge in [0.1, 0.15) is 5.76 Å². The smallest absolute Gasteiger partial charge is 0.259 e. The van der Waals surface area contributed by atoms with Gasteiger partial charge in [-0.3, -0.25) is 9.59 Å². The lowest BCUT2D eigenvalue weighted by molar-refractivity contribution is 0.0935. The Bertz CT molecular complexity index is 814. The molecule has 138 valence electrons. The second-order valence-electron chi connectivity index (χ2n) is 7.37. The summed E-state index contributed by atoms with van der Waals surface area (Å²) in [5.41, 5.74) is 1.49. The van der Waals surface area contributed by atoms with Crippen LogP contribution in [0.25, 0.3) is 0 Å². The number of likely N-dealkylation sites (tertiary alicyclic amines) is 1. The van der Waals surface area contributed by atoms with Crippen LogP contribution in [0.1, 0.15) is 39.8 Å². The molecule has 3 rings (SSSR count). The van der Waals surface area contributed by atoms with E-state index in [1.54, 1.807) is 37.3 Å². The zero-order valence-electron chi connectivity index (χ0n) is 15.5. The van der Waals surface area contributed by atoms with Crippen molar-refractivity contribution in [2.24, 2.45) is 5.41 Å². The maximum absolute atomic E-state index is 12.7. The van der Waals surface area contributed by atoms with Crippen molar-refractivity contribution in [2.75, 3.05) is 32.0 Å². The van der Waals surface area contributed by atoms with Crippen LogP contribution in [0.15, 0.2) is 41.0 Å². The normalized spacial score (nSPS) is 20.1. The number of furan rings is 1. The van der Waals surface area contributed by atoms with E-state index in [0.29, 0.717) is 29.1 Å². The number of amides is 2. The molecule has 0 saturated carbocycles. The van der Waals surface area contributed by atoms with Gasteiger partial charge in [-0.15, -0.1) is 0 Å². The van der Waals surface area contributed by atoms with Crippen LogP contribution < -0.4 is 10.6 Å². The number of aryl methyl sites for hydroxylation is 1. The van der Waals surface area contributed by atoms with Crippen molar-refractivity contribution < 1.29 is 14.0 Å². The van der Waals surface area contributed by atoms with Crippen LogP contribution in [0, 0.1) is 12.3 Å². The number of anilines is 1. The molecule has 1 atom stereocenters. The summed E-state index contributed by atoms with van der Waals surface area (Å²) in [6, 6.07) is 8.65. The summed E-state index contributed by atoms with van der Waals surface area (Å²) in [5, 5.41) is 5.84. The number of nitrogens with zero attached hydrogens (tertiary/aromatic N) is 1. The molecule has 1 aliphatic rings. The molecule has 1 aromatic carbocycles. The molecule has 1 aliphatic heterocycles. The number of para-hydroxylation sites is 1. The molecular weight excluding hydrogens is 330 g/mol. The molecule has 26 heavy (non-hydrogen) atoms. The first-order valence-electron chi connectivity index (χ1n) is 8.79. The summed E-state index contributed by atoms with van der Waals surface area (Å²) in [4.78, 5) is 27.4. The second kappa shape index (κ2) is 7.33. The number of hydrogen-bond donors (Lipinski definition) is 2. The predicted molar refractivity (Wildman–Crippen MR) is 100 cm³/mol. The number of hydrogen-bond acceptors (Lipinski definition) is 4. The maximum atomic E-state index is 12.7. The minimum atomic E-state index is -0.291. The van der Waals surface area contributed by atoms with Gasteiger partial charge in [0.2, 0.25) is 0 Å². The van der Waals surface area contributed by atoms with Crippen LogP contribution in [-0.2, 0) is 0 Å². The number of nitrogens with one attached hydrogen (secondary N) is 2. The lowest BCUT2D eigenvalue weighted by Gasteiger charge is -2.24. The fourth-order valence-electron chi connectivity index (χ4n) is 3.40. The van der Waals surface area contributed by atoms with E-state index in [-0.39, 0.29) is 17.2 Å². The van der Waals surface area contributed by atoms with E-state index >= 15 is 0 Å². The Kier molecular flexibility index (Phi) is 5.13. The average Bonchev–Trinajstić information content (AvgIpc) is 3.19. The Morgan fingerprint density at radius 3 is 2.62 bits per heavy atom. The summed E-state index contributed by atoms with van der Waals surface area (Å²) < 4.78 is 5.17. The van der Waals surface area contributed by atoms with Crippen molar-refractivity contribution >= 4 is 17.5 Å². The predicted octanol–water partition coefficient (Wildman–Crippen LogP) is 2.91. The molecule has 0 radical (unpaired) electrons. The molecule has 0 spiro atoms. The van der Waals surface area contributed by atoms with Gasteiger partial charge >= 0.3 is 0 Å². The van der Waals surface area contributed by atoms with Gasteiger partial charge in [0.05, 0.1) is 23.1 Å². The first kappa shape index (κ1) is 18.2. The molecule has 6 nitrogen and oxygen atoms in total. The fourth-order valence-corrected chi connectivity index (χ4v) is 3.40. The van der Waals surface area contributed by atoms with Crippen LogP contribution in [0.4, 0.5) is 5.69 Å². The van der Waals surface area contributed by atoms with E-state index < -0.39 is 0 Å². The molecule has 2 N–H and O–H groups in total. The third kappa shape index (κ3) is 3.96. The van der Waals surface area contributed by atoms with E-state index in [1.807, 2.05) is 0 Å². The van der Waals surface area contributed by atoms with Crippen molar-refractivity contribution in [1.29, 1.82) is 0 Å².